The SMILES string of the molecule is CCCC/C(B1OC(C)(C)C(C)(C)O1)=C(\CCO[Si](C)(C)C(C)(C)C)B1OC(C)(C)C(C)(C)O1. The lowest BCUT2D eigenvalue weighted by molar-refractivity contribution is 0.00578. The average molecular weight is 494 g/mol. The average Bonchev–Trinajstić information content (AvgIpc) is 2.98. The maximum atomic E-state index is 6.60. The Hall–Kier alpha value is -0.113. The van der Waals surface area contributed by atoms with Crippen LogP contribution in [0.2, 0.25) is 18.1 Å². The van der Waals surface area contributed by atoms with E-state index >= 15 is 0 Å². The molecule has 0 bridgehead atoms. The van der Waals surface area contributed by atoms with Crippen LogP contribution >= 0.6 is 0 Å². The van der Waals surface area contributed by atoms with E-state index in [1.165, 1.54) is 0 Å². The van der Waals surface area contributed by atoms with Crippen molar-refractivity contribution in [2.45, 2.75) is 149 Å². The second-order valence-electron chi connectivity index (χ2n) is 13.7. The summed E-state index contributed by atoms with van der Waals surface area (Å²) in [5.74, 6) is 0. The zero-order valence-electron chi connectivity index (χ0n) is 24.7. The summed E-state index contributed by atoms with van der Waals surface area (Å²) in [6.07, 6.45) is 3.80. The van der Waals surface area contributed by atoms with Gasteiger partial charge in [0.25, 0.3) is 0 Å². The van der Waals surface area contributed by atoms with Crippen LogP contribution in [-0.4, -0.2) is 51.6 Å². The van der Waals surface area contributed by atoms with Crippen LogP contribution in [0.3, 0.4) is 0 Å². The van der Waals surface area contributed by atoms with Gasteiger partial charge in [-0.25, -0.2) is 0 Å². The van der Waals surface area contributed by atoms with Crippen molar-refractivity contribution >= 4 is 22.6 Å². The third-order valence-corrected chi connectivity index (χ3v) is 13.5. The van der Waals surface area contributed by atoms with Gasteiger partial charge in [-0.15, -0.1) is 0 Å². The van der Waals surface area contributed by atoms with Crippen molar-refractivity contribution in [3.05, 3.63) is 10.9 Å². The number of hydrogen-bond acceptors (Lipinski definition) is 5. The summed E-state index contributed by atoms with van der Waals surface area (Å²) in [6.45, 7) is 31.2. The van der Waals surface area contributed by atoms with Crippen molar-refractivity contribution in [1.82, 2.24) is 0 Å². The summed E-state index contributed by atoms with van der Waals surface area (Å²) in [4.78, 5) is 0. The molecule has 0 unspecified atom stereocenters. The Morgan fingerprint density at radius 3 is 1.38 bits per heavy atom. The summed E-state index contributed by atoms with van der Waals surface area (Å²) < 4.78 is 32.8. The van der Waals surface area contributed by atoms with Crippen molar-refractivity contribution in [1.29, 1.82) is 0 Å². The molecule has 2 aliphatic heterocycles. The van der Waals surface area contributed by atoms with E-state index in [4.69, 9.17) is 23.0 Å². The van der Waals surface area contributed by atoms with E-state index in [1.54, 1.807) is 0 Å². The van der Waals surface area contributed by atoms with Gasteiger partial charge in [-0.2, -0.15) is 0 Å². The minimum atomic E-state index is -1.87. The zero-order valence-corrected chi connectivity index (χ0v) is 25.7. The molecule has 0 aromatic heterocycles. The van der Waals surface area contributed by atoms with Crippen LogP contribution in [0.25, 0.3) is 0 Å². The molecule has 0 radical (unpaired) electrons. The Morgan fingerprint density at radius 2 is 1.06 bits per heavy atom. The first-order valence-electron chi connectivity index (χ1n) is 13.2. The molecule has 0 atom stereocenters. The molecule has 5 nitrogen and oxygen atoms in total. The molecule has 0 aromatic rings. The molecule has 2 saturated heterocycles. The highest BCUT2D eigenvalue weighted by Crippen LogP contribution is 2.44. The maximum absolute atomic E-state index is 6.60. The van der Waals surface area contributed by atoms with Crippen LogP contribution in [0.4, 0.5) is 0 Å². The van der Waals surface area contributed by atoms with E-state index in [-0.39, 0.29) is 5.04 Å². The van der Waals surface area contributed by atoms with Gasteiger partial charge in [0.1, 0.15) is 0 Å². The van der Waals surface area contributed by atoms with E-state index in [0.29, 0.717) is 6.61 Å². The highest BCUT2D eigenvalue weighted by molar-refractivity contribution is 6.74. The number of rotatable bonds is 9. The van der Waals surface area contributed by atoms with Gasteiger partial charge in [-0.05, 0) is 97.3 Å². The minimum Gasteiger partial charge on any atom is -0.417 e. The summed E-state index contributed by atoms with van der Waals surface area (Å²) in [5, 5.41) is 0.165. The third-order valence-electron chi connectivity index (χ3n) is 8.93. The first-order valence-corrected chi connectivity index (χ1v) is 16.2. The van der Waals surface area contributed by atoms with Gasteiger partial charge in [0.15, 0.2) is 8.32 Å². The Morgan fingerprint density at radius 1 is 0.706 bits per heavy atom. The van der Waals surface area contributed by atoms with Gasteiger partial charge >= 0.3 is 14.2 Å². The molecule has 0 N–H and O–H groups in total. The topological polar surface area (TPSA) is 46.2 Å². The summed E-state index contributed by atoms with van der Waals surface area (Å²) in [5.41, 5.74) is 0.688. The fourth-order valence-corrected chi connectivity index (χ4v) is 4.88. The smallest absolute Gasteiger partial charge is 0.417 e. The standard InChI is InChI=1S/C26H52B2O5Si/c1-15-16-17-20(27-30-23(5,6)24(7,8)31-27)21(18-19-29-34(13,14)22(2,3)4)28-32-25(9,10)26(11,12)33-28/h15-19H2,1-14H3/b21-20-. The third kappa shape index (κ3) is 6.23. The fraction of sp³-hybridized carbons (Fsp3) is 0.923. The van der Waals surface area contributed by atoms with Gasteiger partial charge in [0, 0.05) is 6.61 Å². The van der Waals surface area contributed by atoms with Gasteiger partial charge in [-0.3, -0.25) is 0 Å². The molecule has 0 saturated carbocycles. The van der Waals surface area contributed by atoms with Crippen molar-refractivity contribution < 1.29 is 23.0 Å². The molecular formula is C26H52B2O5Si. The normalized spacial score (nSPS) is 24.5. The summed E-state index contributed by atoms with van der Waals surface area (Å²) in [7, 11) is -2.71. The van der Waals surface area contributed by atoms with Crippen LogP contribution in [0.5, 0.6) is 0 Å². The molecule has 196 valence electrons. The molecular weight excluding hydrogens is 442 g/mol. The fourth-order valence-electron chi connectivity index (χ4n) is 3.83. The van der Waals surface area contributed by atoms with Crippen molar-refractivity contribution in [3.63, 3.8) is 0 Å². The lowest BCUT2D eigenvalue weighted by atomic mass is 9.62. The van der Waals surface area contributed by atoms with E-state index in [0.717, 1.165) is 36.6 Å². The predicted molar refractivity (Wildman–Crippen MR) is 146 cm³/mol. The first-order chi connectivity index (χ1) is 15.2. The van der Waals surface area contributed by atoms with Gasteiger partial charge < -0.3 is 23.0 Å². The second kappa shape index (κ2) is 9.98. The predicted octanol–water partition coefficient (Wildman–Crippen LogP) is 7.15. The molecule has 0 amide bonds. The van der Waals surface area contributed by atoms with E-state index in [1.807, 2.05) is 0 Å². The highest BCUT2D eigenvalue weighted by atomic mass is 28.4. The first kappa shape index (κ1) is 30.1. The molecule has 8 heteroatoms. The summed E-state index contributed by atoms with van der Waals surface area (Å²) in [6, 6.07) is 0. The molecule has 2 heterocycles. The lowest BCUT2D eigenvalue weighted by Gasteiger charge is -2.36. The Balaban J connectivity index is 2.47. The molecule has 2 fully saturated rings. The van der Waals surface area contributed by atoms with Gasteiger partial charge in [-0.1, -0.05) is 40.5 Å². The maximum Gasteiger partial charge on any atom is 0.489 e. The number of allylic oxidation sites excluding steroid dienone is 1. The van der Waals surface area contributed by atoms with Crippen molar-refractivity contribution in [2.75, 3.05) is 6.61 Å². The van der Waals surface area contributed by atoms with E-state index in [9.17, 15) is 0 Å². The van der Waals surface area contributed by atoms with Crippen LogP contribution < -0.4 is 0 Å². The molecule has 34 heavy (non-hydrogen) atoms. The monoisotopic (exact) mass is 494 g/mol. The number of unbranched alkanes of at least 4 members (excludes halogenated alkanes) is 1. The van der Waals surface area contributed by atoms with Crippen molar-refractivity contribution in [3.8, 4) is 0 Å². The van der Waals surface area contributed by atoms with Gasteiger partial charge in [0.2, 0.25) is 0 Å². The van der Waals surface area contributed by atoms with Crippen LogP contribution in [-0.2, 0) is 23.0 Å². The summed E-state index contributed by atoms with van der Waals surface area (Å²) >= 11 is 0. The van der Waals surface area contributed by atoms with Crippen LogP contribution in [0.1, 0.15) is 109 Å². The van der Waals surface area contributed by atoms with Crippen LogP contribution in [0, 0.1) is 0 Å². The Kier molecular flexibility index (Phi) is 8.84. The molecule has 0 aromatic carbocycles. The van der Waals surface area contributed by atoms with Crippen LogP contribution in [0.15, 0.2) is 10.9 Å². The minimum absolute atomic E-state index is 0.165. The van der Waals surface area contributed by atoms with Crippen molar-refractivity contribution in [2.24, 2.45) is 0 Å². The van der Waals surface area contributed by atoms with E-state index in [2.05, 4.69) is 96.2 Å². The number of hydrogen-bond donors (Lipinski definition) is 0. The molecule has 0 spiro atoms. The molecule has 2 aliphatic rings. The lowest BCUT2D eigenvalue weighted by Crippen LogP contribution is -2.41. The molecule has 0 aliphatic carbocycles. The van der Waals surface area contributed by atoms with Gasteiger partial charge in [0.05, 0.1) is 22.4 Å². The Labute approximate surface area is 212 Å². The van der Waals surface area contributed by atoms with E-state index < -0.39 is 45.0 Å². The highest BCUT2D eigenvalue weighted by Gasteiger charge is 2.56. The zero-order chi connectivity index (χ0) is 26.4. The Bertz CT molecular complexity index is 721. The second-order valence-corrected chi connectivity index (χ2v) is 18.5. The largest absolute Gasteiger partial charge is 0.489 e. The quantitative estimate of drug-likeness (QED) is 0.319. The molecule has 2 rings (SSSR count).